The number of methoxy groups -OCH3 is 1. The molecule has 1 rings (SSSR count). The van der Waals surface area contributed by atoms with Gasteiger partial charge in [0, 0.05) is 19.2 Å². The summed E-state index contributed by atoms with van der Waals surface area (Å²) >= 11 is 0. The molecule has 0 aromatic heterocycles. The maximum absolute atomic E-state index is 5.85. The van der Waals surface area contributed by atoms with Crippen LogP contribution in [0.2, 0.25) is 0 Å². The highest BCUT2D eigenvalue weighted by molar-refractivity contribution is 5.68. The SMILES string of the molecule is COCCNCC/C=C(/C)c1ccccc1OC(C)C. The number of hydrogen-bond acceptors (Lipinski definition) is 3. The van der Waals surface area contributed by atoms with E-state index in [-0.39, 0.29) is 6.10 Å². The van der Waals surface area contributed by atoms with Crippen LogP contribution in [0.5, 0.6) is 5.75 Å². The number of ether oxygens (including phenoxy) is 2. The van der Waals surface area contributed by atoms with Crippen molar-refractivity contribution in [1.29, 1.82) is 0 Å². The molecule has 0 aliphatic carbocycles. The average Bonchev–Trinajstić information content (AvgIpc) is 2.42. The van der Waals surface area contributed by atoms with Gasteiger partial charge < -0.3 is 14.8 Å². The van der Waals surface area contributed by atoms with Crippen LogP contribution < -0.4 is 10.1 Å². The zero-order valence-electron chi connectivity index (χ0n) is 13.1. The summed E-state index contributed by atoms with van der Waals surface area (Å²) in [7, 11) is 1.72. The van der Waals surface area contributed by atoms with E-state index in [1.165, 1.54) is 11.1 Å². The summed E-state index contributed by atoms with van der Waals surface area (Å²) in [6.07, 6.45) is 3.45. The van der Waals surface area contributed by atoms with Crippen molar-refractivity contribution in [3.05, 3.63) is 35.9 Å². The smallest absolute Gasteiger partial charge is 0.127 e. The van der Waals surface area contributed by atoms with Crippen molar-refractivity contribution < 1.29 is 9.47 Å². The molecule has 0 unspecified atom stereocenters. The highest BCUT2D eigenvalue weighted by atomic mass is 16.5. The first-order chi connectivity index (χ1) is 9.65. The van der Waals surface area contributed by atoms with Crippen LogP contribution in [0.15, 0.2) is 30.3 Å². The molecule has 0 spiro atoms. The summed E-state index contributed by atoms with van der Waals surface area (Å²) in [6, 6.07) is 8.21. The molecule has 20 heavy (non-hydrogen) atoms. The van der Waals surface area contributed by atoms with Crippen molar-refractivity contribution in [2.75, 3.05) is 26.8 Å². The van der Waals surface area contributed by atoms with Crippen molar-refractivity contribution in [2.45, 2.75) is 33.3 Å². The maximum atomic E-state index is 5.85. The Hall–Kier alpha value is -1.32. The Labute approximate surface area is 123 Å². The fourth-order valence-electron chi connectivity index (χ4n) is 1.95. The van der Waals surface area contributed by atoms with Gasteiger partial charge in [-0.25, -0.2) is 0 Å². The zero-order valence-corrected chi connectivity index (χ0v) is 13.1. The van der Waals surface area contributed by atoms with Gasteiger partial charge in [-0.15, -0.1) is 0 Å². The molecular formula is C17H27NO2. The second-order valence-corrected chi connectivity index (χ2v) is 5.08. The van der Waals surface area contributed by atoms with Gasteiger partial charge in [0.25, 0.3) is 0 Å². The van der Waals surface area contributed by atoms with Crippen LogP contribution >= 0.6 is 0 Å². The van der Waals surface area contributed by atoms with E-state index >= 15 is 0 Å². The van der Waals surface area contributed by atoms with E-state index in [0.717, 1.165) is 31.9 Å². The summed E-state index contributed by atoms with van der Waals surface area (Å²) in [5.41, 5.74) is 2.44. The highest BCUT2D eigenvalue weighted by Gasteiger charge is 2.06. The predicted octanol–water partition coefficient (Wildman–Crippen LogP) is 3.50. The minimum Gasteiger partial charge on any atom is -0.490 e. The number of rotatable bonds is 9. The molecule has 0 saturated heterocycles. The molecule has 1 N–H and O–H groups in total. The van der Waals surface area contributed by atoms with Crippen LogP contribution in [0, 0.1) is 0 Å². The van der Waals surface area contributed by atoms with Crippen LogP contribution in [0.1, 0.15) is 32.8 Å². The van der Waals surface area contributed by atoms with Crippen LogP contribution in [0.25, 0.3) is 5.57 Å². The Kier molecular flexibility index (Phi) is 8.00. The van der Waals surface area contributed by atoms with E-state index in [1.807, 2.05) is 12.1 Å². The summed E-state index contributed by atoms with van der Waals surface area (Å²) in [5.74, 6) is 0.962. The zero-order chi connectivity index (χ0) is 14.8. The normalized spacial score (nSPS) is 11.9. The molecule has 0 bridgehead atoms. The second kappa shape index (κ2) is 9.56. The monoisotopic (exact) mass is 277 g/mol. The minimum atomic E-state index is 0.194. The van der Waals surface area contributed by atoms with Gasteiger partial charge in [0.15, 0.2) is 0 Å². The Balaban J connectivity index is 2.55. The fourth-order valence-corrected chi connectivity index (χ4v) is 1.95. The number of benzene rings is 1. The van der Waals surface area contributed by atoms with Crippen molar-refractivity contribution >= 4 is 5.57 Å². The van der Waals surface area contributed by atoms with Gasteiger partial charge in [0.05, 0.1) is 12.7 Å². The molecule has 112 valence electrons. The molecule has 1 aromatic rings. The molecule has 0 fully saturated rings. The highest BCUT2D eigenvalue weighted by Crippen LogP contribution is 2.26. The van der Waals surface area contributed by atoms with Gasteiger partial charge in [-0.1, -0.05) is 24.3 Å². The number of allylic oxidation sites excluding steroid dienone is 1. The van der Waals surface area contributed by atoms with Crippen molar-refractivity contribution in [3.8, 4) is 5.75 Å². The van der Waals surface area contributed by atoms with Gasteiger partial charge >= 0.3 is 0 Å². The largest absolute Gasteiger partial charge is 0.490 e. The van der Waals surface area contributed by atoms with Crippen molar-refractivity contribution in [1.82, 2.24) is 5.32 Å². The topological polar surface area (TPSA) is 30.5 Å². The lowest BCUT2D eigenvalue weighted by Gasteiger charge is -2.14. The van der Waals surface area contributed by atoms with Crippen molar-refractivity contribution in [3.63, 3.8) is 0 Å². The van der Waals surface area contributed by atoms with E-state index < -0.39 is 0 Å². The summed E-state index contributed by atoms with van der Waals surface area (Å²) in [6.45, 7) is 8.86. The molecule has 0 saturated carbocycles. The molecular weight excluding hydrogens is 250 g/mol. The van der Waals surface area contributed by atoms with E-state index in [9.17, 15) is 0 Å². The summed E-state index contributed by atoms with van der Waals surface area (Å²) < 4.78 is 10.8. The van der Waals surface area contributed by atoms with Gasteiger partial charge in [-0.2, -0.15) is 0 Å². The Bertz CT molecular complexity index is 413. The number of nitrogens with one attached hydrogen (secondary N) is 1. The van der Waals surface area contributed by atoms with Crippen LogP contribution in [0.3, 0.4) is 0 Å². The molecule has 0 radical (unpaired) electrons. The summed E-state index contributed by atoms with van der Waals surface area (Å²) in [5, 5.41) is 3.34. The first-order valence-electron chi connectivity index (χ1n) is 7.27. The molecule has 3 nitrogen and oxygen atoms in total. The van der Waals surface area contributed by atoms with Gasteiger partial charge in [-0.05, 0) is 45.4 Å². The van der Waals surface area contributed by atoms with E-state index in [4.69, 9.17) is 9.47 Å². The molecule has 0 heterocycles. The Morgan fingerprint density at radius 3 is 2.70 bits per heavy atom. The van der Waals surface area contributed by atoms with Gasteiger partial charge in [0.1, 0.15) is 5.75 Å². The van der Waals surface area contributed by atoms with Crippen LogP contribution in [0.4, 0.5) is 0 Å². The Morgan fingerprint density at radius 2 is 2.00 bits per heavy atom. The third kappa shape index (κ3) is 6.22. The number of para-hydroxylation sites is 1. The second-order valence-electron chi connectivity index (χ2n) is 5.08. The van der Waals surface area contributed by atoms with E-state index in [0.29, 0.717) is 0 Å². The molecule has 0 aliphatic rings. The van der Waals surface area contributed by atoms with Crippen molar-refractivity contribution in [2.24, 2.45) is 0 Å². The number of hydrogen-bond donors (Lipinski definition) is 1. The first-order valence-corrected chi connectivity index (χ1v) is 7.27. The molecule has 3 heteroatoms. The van der Waals surface area contributed by atoms with Crippen LogP contribution in [-0.2, 0) is 4.74 Å². The van der Waals surface area contributed by atoms with E-state index in [1.54, 1.807) is 7.11 Å². The van der Waals surface area contributed by atoms with Crippen LogP contribution in [-0.4, -0.2) is 32.9 Å². The standard InChI is InChI=1S/C17H27NO2/c1-14(2)20-17-10-6-5-9-16(17)15(3)8-7-11-18-12-13-19-4/h5-6,8-10,14,18H,7,11-13H2,1-4H3/b15-8-. The quantitative estimate of drug-likeness (QED) is 0.701. The fraction of sp³-hybridized carbons (Fsp3) is 0.529. The molecule has 0 atom stereocenters. The molecule has 0 aliphatic heterocycles. The third-order valence-corrected chi connectivity index (χ3v) is 2.93. The third-order valence-electron chi connectivity index (χ3n) is 2.93. The van der Waals surface area contributed by atoms with E-state index in [2.05, 4.69) is 44.3 Å². The first kappa shape index (κ1) is 16.7. The van der Waals surface area contributed by atoms with Gasteiger partial charge in [0.2, 0.25) is 0 Å². The predicted molar refractivity (Wildman–Crippen MR) is 85.2 cm³/mol. The lowest BCUT2D eigenvalue weighted by molar-refractivity contribution is 0.199. The average molecular weight is 277 g/mol. The minimum absolute atomic E-state index is 0.194. The molecule has 0 amide bonds. The lowest BCUT2D eigenvalue weighted by atomic mass is 10.1. The van der Waals surface area contributed by atoms with Gasteiger partial charge in [-0.3, -0.25) is 0 Å². The molecule has 1 aromatic carbocycles. The summed E-state index contributed by atoms with van der Waals surface area (Å²) in [4.78, 5) is 0. The Morgan fingerprint density at radius 1 is 1.25 bits per heavy atom. The maximum Gasteiger partial charge on any atom is 0.127 e. The lowest BCUT2D eigenvalue weighted by Crippen LogP contribution is -2.19.